The van der Waals surface area contributed by atoms with Crippen LogP contribution in [0, 0.1) is 0 Å². The maximum atomic E-state index is 5.70. The van der Waals surface area contributed by atoms with Crippen molar-refractivity contribution in [1.29, 1.82) is 0 Å². The van der Waals surface area contributed by atoms with E-state index in [1.54, 1.807) is 0 Å². The largest absolute Gasteiger partial charge is 0.327 e. The van der Waals surface area contributed by atoms with Gasteiger partial charge in [-0.15, -0.1) is 0 Å². The third kappa shape index (κ3) is 2.74. The van der Waals surface area contributed by atoms with Crippen molar-refractivity contribution in [2.75, 3.05) is 6.54 Å². The van der Waals surface area contributed by atoms with Crippen molar-refractivity contribution >= 4 is 17.7 Å². The van der Waals surface area contributed by atoms with Crippen LogP contribution in [0.2, 0.25) is 5.02 Å². The first-order valence-corrected chi connectivity index (χ1v) is 3.83. The van der Waals surface area contributed by atoms with E-state index in [1.807, 2.05) is 36.4 Å². The van der Waals surface area contributed by atoms with Crippen LogP contribution < -0.4 is 5.73 Å². The average molecular weight is 168 g/mol. The molecular formula is C9H10ClN. The lowest BCUT2D eigenvalue weighted by Crippen LogP contribution is -1.91. The molecule has 0 radical (unpaired) electrons. The summed E-state index contributed by atoms with van der Waals surface area (Å²) in [4.78, 5) is 0. The van der Waals surface area contributed by atoms with Crippen molar-refractivity contribution in [1.82, 2.24) is 0 Å². The smallest absolute Gasteiger partial charge is 0.0406 e. The Morgan fingerprint density at radius 2 is 1.91 bits per heavy atom. The molecule has 2 N–H and O–H groups in total. The first kappa shape index (κ1) is 8.31. The van der Waals surface area contributed by atoms with Crippen LogP contribution in [-0.4, -0.2) is 6.54 Å². The molecule has 11 heavy (non-hydrogen) atoms. The van der Waals surface area contributed by atoms with Crippen LogP contribution in [0.5, 0.6) is 0 Å². The molecule has 0 fully saturated rings. The van der Waals surface area contributed by atoms with Crippen LogP contribution in [-0.2, 0) is 0 Å². The van der Waals surface area contributed by atoms with Crippen LogP contribution in [0.3, 0.4) is 0 Å². The summed E-state index contributed by atoms with van der Waals surface area (Å²) in [6.07, 6.45) is 3.87. The van der Waals surface area contributed by atoms with E-state index >= 15 is 0 Å². The molecule has 0 aliphatic carbocycles. The number of nitrogens with two attached hydrogens (primary N) is 1. The molecule has 0 heterocycles. The molecule has 0 spiro atoms. The van der Waals surface area contributed by atoms with E-state index in [1.165, 1.54) is 0 Å². The van der Waals surface area contributed by atoms with Gasteiger partial charge in [-0.05, 0) is 17.7 Å². The third-order valence-corrected chi connectivity index (χ3v) is 1.57. The summed E-state index contributed by atoms with van der Waals surface area (Å²) in [6, 6.07) is 7.62. The van der Waals surface area contributed by atoms with Gasteiger partial charge in [-0.25, -0.2) is 0 Å². The van der Waals surface area contributed by atoms with E-state index in [4.69, 9.17) is 17.3 Å². The fraction of sp³-hybridized carbons (Fsp3) is 0.111. The number of halogens is 1. The summed E-state index contributed by atoms with van der Waals surface area (Å²) in [6.45, 7) is 0.572. The van der Waals surface area contributed by atoms with E-state index < -0.39 is 0 Å². The summed E-state index contributed by atoms with van der Waals surface area (Å²) in [5.74, 6) is 0. The molecule has 0 amide bonds. The van der Waals surface area contributed by atoms with Crippen molar-refractivity contribution in [2.45, 2.75) is 0 Å². The highest BCUT2D eigenvalue weighted by Gasteiger charge is 1.85. The van der Waals surface area contributed by atoms with Gasteiger partial charge < -0.3 is 5.73 Å². The molecule has 58 valence electrons. The molecule has 0 saturated carbocycles. The zero-order valence-corrected chi connectivity index (χ0v) is 6.88. The summed E-state index contributed by atoms with van der Waals surface area (Å²) < 4.78 is 0. The van der Waals surface area contributed by atoms with Gasteiger partial charge in [0.15, 0.2) is 0 Å². The lowest BCUT2D eigenvalue weighted by molar-refractivity contribution is 1.26. The lowest BCUT2D eigenvalue weighted by atomic mass is 10.2. The average Bonchev–Trinajstić information content (AvgIpc) is 2.04. The summed E-state index contributed by atoms with van der Waals surface area (Å²) in [5, 5.41) is 0.759. The standard InChI is InChI=1S/C9H10ClN/c10-9-5-3-8(4-6-9)2-1-7-11/h1-6H,7,11H2/b2-1+. The highest BCUT2D eigenvalue weighted by Crippen LogP contribution is 2.10. The van der Waals surface area contributed by atoms with Gasteiger partial charge >= 0.3 is 0 Å². The molecule has 0 aliphatic heterocycles. The first-order valence-electron chi connectivity index (χ1n) is 3.45. The number of benzene rings is 1. The fourth-order valence-electron chi connectivity index (χ4n) is 0.778. The first-order chi connectivity index (χ1) is 5.33. The molecule has 1 rings (SSSR count). The van der Waals surface area contributed by atoms with Gasteiger partial charge in [0, 0.05) is 11.6 Å². The topological polar surface area (TPSA) is 26.0 Å². The molecule has 2 heteroatoms. The molecule has 1 aromatic rings. The highest BCUT2D eigenvalue weighted by molar-refractivity contribution is 6.30. The number of hydrogen-bond donors (Lipinski definition) is 1. The normalized spacial score (nSPS) is 10.7. The van der Waals surface area contributed by atoms with Crippen molar-refractivity contribution in [3.8, 4) is 0 Å². The monoisotopic (exact) mass is 167 g/mol. The Balaban J connectivity index is 2.73. The minimum absolute atomic E-state index is 0.572. The molecule has 0 bridgehead atoms. The minimum atomic E-state index is 0.572. The van der Waals surface area contributed by atoms with Gasteiger partial charge in [0.1, 0.15) is 0 Å². The maximum Gasteiger partial charge on any atom is 0.0406 e. The predicted octanol–water partition coefficient (Wildman–Crippen LogP) is 2.31. The maximum absolute atomic E-state index is 5.70. The van der Waals surface area contributed by atoms with Crippen molar-refractivity contribution in [3.05, 3.63) is 40.9 Å². The highest BCUT2D eigenvalue weighted by atomic mass is 35.5. The number of hydrogen-bond acceptors (Lipinski definition) is 1. The quantitative estimate of drug-likeness (QED) is 0.719. The second-order valence-electron chi connectivity index (χ2n) is 2.19. The number of rotatable bonds is 2. The molecular weight excluding hydrogens is 158 g/mol. The molecule has 0 aromatic heterocycles. The predicted molar refractivity (Wildman–Crippen MR) is 49.5 cm³/mol. The van der Waals surface area contributed by atoms with Gasteiger partial charge in [0.05, 0.1) is 0 Å². The van der Waals surface area contributed by atoms with Gasteiger partial charge in [-0.2, -0.15) is 0 Å². The van der Waals surface area contributed by atoms with Crippen LogP contribution in [0.25, 0.3) is 6.08 Å². The van der Waals surface area contributed by atoms with E-state index in [-0.39, 0.29) is 0 Å². The Labute approximate surface area is 71.5 Å². The SMILES string of the molecule is NC/C=C/c1ccc(Cl)cc1. The lowest BCUT2D eigenvalue weighted by Gasteiger charge is -1.91. The Morgan fingerprint density at radius 1 is 1.27 bits per heavy atom. The minimum Gasteiger partial charge on any atom is -0.327 e. The van der Waals surface area contributed by atoms with Gasteiger partial charge in [0.2, 0.25) is 0 Å². The summed E-state index contributed by atoms with van der Waals surface area (Å²) in [7, 11) is 0. The second kappa shape index (κ2) is 4.16. The van der Waals surface area contributed by atoms with Crippen LogP contribution in [0.1, 0.15) is 5.56 Å². The van der Waals surface area contributed by atoms with Gasteiger partial charge in [0.25, 0.3) is 0 Å². The van der Waals surface area contributed by atoms with E-state index in [2.05, 4.69) is 0 Å². The molecule has 0 saturated heterocycles. The van der Waals surface area contributed by atoms with Crippen molar-refractivity contribution in [2.24, 2.45) is 5.73 Å². The summed E-state index contributed by atoms with van der Waals surface area (Å²) >= 11 is 5.70. The van der Waals surface area contributed by atoms with E-state index in [0.29, 0.717) is 6.54 Å². The Morgan fingerprint density at radius 3 is 2.45 bits per heavy atom. The molecule has 0 unspecified atom stereocenters. The second-order valence-corrected chi connectivity index (χ2v) is 2.63. The Bertz CT molecular complexity index is 238. The zero-order chi connectivity index (χ0) is 8.10. The molecule has 0 atom stereocenters. The van der Waals surface area contributed by atoms with Crippen LogP contribution in [0.4, 0.5) is 0 Å². The van der Waals surface area contributed by atoms with Gasteiger partial charge in [-0.3, -0.25) is 0 Å². The van der Waals surface area contributed by atoms with E-state index in [9.17, 15) is 0 Å². The van der Waals surface area contributed by atoms with E-state index in [0.717, 1.165) is 10.6 Å². The Kier molecular flexibility index (Phi) is 3.14. The molecule has 0 aliphatic rings. The zero-order valence-electron chi connectivity index (χ0n) is 6.13. The fourth-order valence-corrected chi connectivity index (χ4v) is 0.904. The van der Waals surface area contributed by atoms with Crippen LogP contribution >= 0.6 is 11.6 Å². The Hall–Kier alpha value is -0.790. The van der Waals surface area contributed by atoms with Crippen LogP contribution in [0.15, 0.2) is 30.3 Å². The van der Waals surface area contributed by atoms with Gasteiger partial charge in [-0.1, -0.05) is 35.9 Å². The molecule has 1 nitrogen and oxygen atoms in total. The summed E-state index contributed by atoms with van der Waals surface area (Å²) in [5.41, 5.74) is 6.42. The molecule has 1 aromatic carbocycles. The third-order valence-electron chi connectivity index (χ3n) is 1.32. The van der Waals surface area contributed by atoms with Crippen molar-refractivity contribution in [3.63, 3.8) is 0 Å². The van der Waals surface area contributed by atoms with Crippen molar-refractivity contribution < 1.29 is 0 Å².